The second kappa shape index (κ2) is 12.3. The number of aliphatic carboxylic acids is 1. The third-order valence-corrected chi connectivity index (χ3v) is 6.87. The first-order chi connectivity index (χ1) is 20.1. The van der Waals surface area contributed by atoms with E-state index < -0.39 is 47.2 Å². The molecular formula is C31H36F3N3O7. The highest BCUT2D eigenvalue weighted by molar-refractivity contribution is 6.08. The van der Waals surface area contributed by atoms with Gasteiger partial charge in [0.1, 0.15) is 23.9 Å². The normalized spacial score (nSPS) is 13.4. The predicted molar refractivity (Wildman–Crippen MR) is 155 cm³/mol. The number of benzene rings is 2. The van der Waals surface area contributed by atoms with Gasteiger partial charge in [-0.3, -0.25) is 19.8 Å². The molecular weight excluding hydrogens is 583 g/mol. The standard InChI is InChI=1S/C31H36F3N3O7/c1-8-43-23-11-17-14-37(26(35)18(17)12-19(23)27(41)36-13-24(39)40)15-22(38)16-9-20(29(2,3)4)25(21(10-16)30(5,6)7)44-28(42)31(32,33)34/h9-12,35H,8,13-15H2,1-7H3,(H,36,41)(H,39,40). The number of carboxylic acids is 1. The van der Waals surface area contributed by atoms with Gasteiger partial charge < -0.3 is 24.8 Å². The molecule has 0 atom stereocenters. The first-order valence-corrected chi connectivity index (χ1v) is 13.8. The highest BCUT2D eigenvalue weighted by Crippen LogP contribution is 2.42. The van der Waals surface area contributed by atoms with Gasteiger partial charge in [0.15, 0.2) is 5.78 Å². The van der Waals surface area contributed by atoms with Crippen molar-refractivity contribution < 1.29 is 46.9 Å². The van der Waals surface area contributed by atoms with Crippen molar-refractivity contribution in [2.75, 3.05) is 19.7 Å². The SMILES string of the molecule is CCOc1cc2c(cc1C(=O)NCC(=O)O)C(=N)N(CC(=O)c1cc(C(C)(C)C)c(OC(=O)C(F)(F)F)c(C(C)(C)C)c1)C2. The maximum Gasteiger partial charge on any atom is 0.491 e. The van der Waals surface area contributed by atoms with Crippen LogP contribution in [0.4, 0.5) is 13.2 Å². The lowest BCUT2D eigenvalue weighted by molar-refractivity contribution is -0.189. The van der Waals surface area contributed by atoms with Crippen molar-refractivity contribution in [1.29, 1.82) is 5.41 Å². The minimum atomic E-state index is -5.22. The van der Waals surface area contributed by atoms with Gasteiger partial charge in [0.2, 0.25) is 0 Å². The lowest BCUT2D eigenvalue weighted by Crippen LogP contribution is -2.32. The van der Waals surface area contributed by atoms with E-state index in [1.165, 1.54) is 23.1 Å². The number of Topliss-reactive ketones (excluding diaryl/α,β-unsaturated/α-hetero) is 1. The third-order valence-electron chi connectivity index (χ3n) is 6.87. The van der Waals surface area contributed by atoms with E-state index in [9.17, 15) is 32.3 Å². The highest BCUT2D eigenvalue weighted by Gasteiger charge is 2.43. The zero-order valence-corrected chi connectivity index (χ0v) is 25.6. The average Bonchev–Trinajstić information content (AvgIpc) is 3.18. The maximum absolute atomic E-state index is 13.7. The number of esters is 1. The number of hydrogen-bond donors (Lipinski definition) is 3. The summed E-state index contributed by atoms with van der Waals surface area (Å²) in [7, 11) is 0. The summed E-state index contributed by atoms with van der Waals surface area (Å²) in [5, 5.41) is 19.9. The summed E-state index contributed by atoms with van der Waals surface area (Å²) in [6, 6.07) is 5.83. The Morgan fingerprint density at radius 1 is 0.977 bits per heavy atom. The Morgan fingerprint density at radius 2 is 1.55 bits per heavy atom. The minimum Gasteiger partial charge on any atom is -0.493 e. The van der Waals surface area contributed by atoms with Crippen molar-refractivity contribution in [3.05, 3.63) is 57.6 Å². The summed E-state index contributed by atoms with van der Waals surface area (Å²) in [4.78, 5) is 50.6. The van der Waals surface area contributed by atoms with Gasteiger partial charge in [-0.25, -0.2) is 4.79 Å². The Bertz CT molecular complexity index is 1480. The topological polar surface area (TPSA) is 146 Å². The number of hydrogen-bond acceptors (Lipinski definition) is 7. The molecule has 1 amide bonds. The van der Waals surface area contributed by atoms with Crippen molar-refractivity contribution in [1.82, 2.24) is 10.2 Å². The Kier molecular flexibility index (Phi) is 9.52. The Hall–Kier alpha value is -4.42. The van der Waals surface area contributed by atoms with Crippen LogP contribution in [0.25, 0.3) is 0 Å². The molecule has 1 aliphatic heterocycles. The minimum absolute atomic E-state index is 0.0402. The second-order valence-electron chi connectivity index (χ2n) is 12.4. The van der Waals surface area contributed by atoms with E-state index in [0.29, 0.717) is 11.1 Å². The molecule has 0 radical (unpaired) electrons. The van der Waals surface area contributed by atoms with Crippen LogP contribution in [0.3, 0.4) is 0 Å². The molecule has 10 nitrogen and oxygen atoms in total. The van der Waals surface area contributed by atoms with Crippen molar-refractivity contribution in [2.45, 2.75) is 72.0 Å². The molecule has 238 valence electrons. The van der Waals surface area contributed by atoms with Crippen LogP contribution in [0.5, 0.6) is 11.5 Å². The Morgan fingerprint density at radius 3 is 2.02 bits per heavy atom. The lowest BCUT2D eigenvalue weighted by atomic mass is 9.78. The third kappa shape index (κ3) is 7.56. The molecule has 0 aliphatic carbocycles. The first-order valence-electron chi connectivity index (χ1n) is 13.8. The van der Waals surface area contributed by atoms with Crippen molar-refractivity contribution in [2.24, 2.45) is 0 Å². The van der Waals surface area contributed by atoms with E-state index >= 15 is 0 Å². The number of ether oxygens (including phenoxy) is 2. The fourth-order valence-electron chi connectivity index (χ4n) is 4.70. The fraction of sp³-hybridized carbons (Fsp3) is 0.452. The smallest absolute Gasteiger partial charge is 0.491 e. The molecule has 1 heterocycles. The molecule has 0 bridgehead atoms. The molecule has 1 aliphatic rings. The Labute approximate surface area is 253 Å². The summed E-state index contributed by atoms with van der Waals surface area (Å²) in [5.41, 5.74) is 0.0247. The molecule has 2 aromatic rings. The van der Waals surface area contributed by atoms with Crippen molar-refractivity contribution in [3.63, 3.8) is 0 Å². The fourth-order valence-corrected chi connectivity index (χ4v) is 4.70. The zero-order valence-electron chi connectivity index (χ0n) is 25.6. The summed E-state index contributed by atoms with van der Waals surface area (Å²) >= 11 is 0. The van der Waals surface area contributed by atoms with Crippen LogP contribution in [0.15, 0.2) is 24.3 Å². The quantitative estimate of drug-likeness (QED) is 0.202. The number of rotatable bonds is 9. The number of alkyl halides is 3. The number of amidine groups is 1. The van der Waals surface area contributed by atoms with Gasteiger partial charge in [-0.2, -0.15) is 13.2 Å². The number of ketones is 1. The van der Waals surface area contributed by atoms with Crippen LogP contribution in [0.1, 0.15) is 91.4 Å². The van der Waals surface area contributed by atoms with Gasteiger partial charge in [0.05, 0.1) is 18.7 Å². The van der Waals surface area contributed by atoms with E-state index in [0.717, 1.165) is 0 Å². The molecule has 3 rings (SSSR count). The van der Waals surface area contributed by atoms with E-state index in [2.05, 4.69) is 5.32 Å². The van der Waals surface area contributed by atoms with Crippen molar-refractivity contribution in [3.8, 4) is 11.5 Å². The van der Waals surface area contributed by atoms with Crippen LogP contribution in [-0.2, 0) is 27.0 Å². The van der Waals surface area contributed by atoms with Gasteiger partial charge in [0, 0.05) is 28.8 Å². The van der Waals surface area contributed by atoms with Crippen LogP contribution in [-0.4, -0.2) is 65.3 Å². The molecule has 0 spiro atoms. The molecule has 0 unspecified atom stereocenters. The number of nitrogens with one attached hydrogen (secondary N) is 2. The summed E-state index contributed by atoms with van der Waals surface area (Å²) in [5.74, 6) is -4.82. The number of amides is 1. The van der Waals surface area contributed by atoms with Gasteiger partial charge in [-0.05, 0) is 47.6 Å². The number of carboxylic acid groups (broad SMARTS) is 1. The van der Waals surface area contributed by atoms with Gasteiger partial charge in [-0.1, -0.05) is 41.5 Å². The number of nitrogens with zero attached hydrogens (tertiary/aromatic N) is 1. The molecule has 0 aromatic heterocycles. The van der Waals surface area contributed by atoms with Gasteiger partial charge in [0.25, 0.3) is 5.91 Å². The maximum atomic E-state index is 13.7. The van der Waals surface area contributed by atoms with Gasteiger partial charge >= 0.3 is 18.1 Å². The molecule has 0 fully saturated rings. The van der Waals surface area contributed by atoms with Crippen LogP contribution < -0.4 is 14.8 Å². The molecule has 0 saturated heterocycles. The van der Waals surface area contributed by atoms with Crippen LogP contribution in [0.2, 0.25) is 0 Å². The summed E-state index contributed by atoms with van der Waals surface area (Å²) in [6.45, 7) is 11.5. The summed E-state index contributed by atoms with van der Waals surface area (Å²) < 4.78 is 50.0. The number of halogens is 3. The Balaban J connectivity index is 2.00. The average molecular weight is 620 g/mol. The number of carbonyl (C=O) groups excluding carboxylic acids is 3. The molecule has 13 heteroatoms. The number of carbonyl (C=O) groups is 4. The van der Waals surface area contributed by atoms with E-state index in [4.69, 9.17) is 20.0 Å². The highest BCUT2D eigenvalue weighted by atomic mass is 19.4. The number of fused-ring (bicyclic) bond motifs is 1. The second-order valence-corrected chi connectivity index (χ2v) is 12.4. The predicted octanol–water partition coefficient (Wildman–Crippen LogP) is 4.99. The molecule has 44 heavy (non-hydrogen) atoms. The lowest BCUT2D eigenvalue weighted by Gasteiger charge is -2.30. The first kappa shape index (κ1) is 34.1. The van der Waals surface area contributed by atoms with E-state index in [1.54, 1.807) is 54.5 Å². The summed E-state index contributed by atoms with van der Waals surface area (Å²) in [6.07, 6.45) is -5.22. The van der Waals surface area contributed by atoms with Crippen molar-refractivity contribution >= 4 is 29.5 Å². The monoisotopic (exact) mass is 619 g/mol. The van der Waals surface area contributed by atoms with Gasteiger partial charge in [-0.15, -0.1) is 0 Å². The molecule has 3 N–H and O–H groups in total. The molecule has 0 saturated carbocycles. The molecule has 2 aromatic carbocycles. The largest absolute Gasteiger partial charge is 0.493 e. The van der Waals surface area contributed by atoms with E-state index in [1.807, 2.05) is 0 Å². The van der Waals surface area contributed by atoms with E-state index in [-0.39, 0.29) is 59.3 Å². The van der Waals surface area contributed by atoms with Crippen LogP contribution >= 0.6 is 0 Å². The zero-order chi connectivity index (χ0) is 33.4. The van der Waals surface area contributed by atoms with Crippen LogP contribution in [0, 0.1) is 5.41 Å².